The topological polar surface area (TPSA) is 38.9 Å². The van der Waals surface area contributed by atoms with Crippen molar-refractivity contribution in [2.45, 2.75) is 31.1 Å². The van der Waals surface area contributed by atoms with Gasteiger partial charge in [-0.05, 0) is 24.1 Å². The second-order valence-electron chi connectivity index (χ2n) is 4.49. The number of nitrogens with two attached hydrogens (primary N) is 1. The Morgan fingerprint density at radius 3 is 2.67 bits per heavy atom. The van der Waals surface area contributed by atoms with E-state index in [1.807, 2.05) is 12.1 Å². The smallest absolute Gasteiger partial charge is 0.0992 e. The zero-order chi connectivity index (χ0) is 11.1. The second kappa shape index (κ2) is 3.77. The van der Waals surface area contributed by atoms with Crippen molar-refractivity contribution in [1.29, 1.82) is 0 Å². The summed E-state index contributed by atoms with van der Waals surface area (Å²) in [5.74, 6) is 0. The van der Waals surface area contributed by atoms with Crippen molar-refractivity contribution in [1.82, 2.24) is 4.98 Å². The van der Waals surface area contributed by atoms with Crippen molar-refractivity contribution in [2.75, 3.05) is 0 Å². The monoisotopic (exact) mass is 238 g/mol. The first-order valence-electron chi connectivity index (χ1n) is 4.79. The lowest BCUT2D eigenvalue weighted by molar-refractivity contribution is 0.587. The van der Waals surface area contributed by atoms with Crippen molar-refractivity contribution in [3.8, 4) is 0 Å². The molecule has 0 amide bonds. The largest absolute Gasteiger partial charge is 0.274 e. The van der Waals surface area contributed by atoms with Gasteiger partial charge in [0.2, 0.25) is 0 Å². The molecular weight excluding hydrogens is 224 g/mol. The minimum Gasteiger partial charge on any atom is -0.274 e. The first-order chi connectivity index (χ1) is 7.02. The first kappa shape index (κ1) is 10.9. The molecule has 4 heteroatoms. The summed E-state index contributed by atoms with van der Waals surface area (Å²) in [6, 6.07) is 6.14. The lowest BCUT2D eigenvalue weighted by Crippen LogP contribution is -2.09. The molecule has 2 rings (SSSR count). The molecule has 0 spiro atoms. The normalized spacial score (nSPS) is 12.3. The predicted molar refractivity (Wildman–Crippen MR) is 68.4 cm³/mol. The molecule has 0 aliphatic carbocycles. The molecule has 0 saturated heterocycles. The van der Waals surface area contributed by atoms with Crippen molar-refractivity contribution >= 4 is 33.5 Å². The molecule has 0 radical (unpaired) electrons. The molecule has 0 saturated carbocycles. The van der Waals surface area contributed by atoms with Gasteiger partial charge in [0.1, 0.15) is 0 Å². The fraction of sp³-hybridized carbons (Fsp3) is 0.364. The Hall–Kier alpha value is -0.580. The van der Waals surface area contributed by atoms with Crippen LogP contribution in [0.3, 0.4) is 0 Å². The summed E-state index contributed by atoms with van der Waals surface area (Å²) in [5.41, 5.74) is 1.15. The highest BCUT2D eigenvalue weighted by atomic mass is 32.2. The van der Waals surface area contributed by atoms with E-state index in [4.69, 9.17) is 5.14 Å². The Kier molecular flexibility index (Phi) is 2.75. The Morgan fingerprint density at radius 1 is 1.33 bits per heavy atom. The van der Waals surface area contributed by atoms with Crippen LogP contribution in [-0.4, -0.2) is 4.98 Å². The summed E-state index contributed by atoms with van der Waals surface area (Å²) < 4.78 is 1.22. The predicted octanol–water partition coefficient (Wildman–Crippen LogP) is 3.56. The summed E-state index contributed by atoms with van der Waals surface area (Å²) in [7, 11) is 0. The van der Waals surface area contributed by atoms with E-state index in [-0.39, 0.29) is 5.41 Å². The zero-order valence-corrected chi connectivity index (χ0v) is 10.7. The average molecular weight is 238 g/mol. The van der Waals surface area contributed by atoms with Crippen molar-refractivity contribution < 1.29 is 0 Å². The number of fused-ring (bicyclic) bond motifs is 1. The molecule has 1 aromatic heterocycles. The molecule has 0 fully saturated rings. The van der Waals surface area contributed by atoms with Crippen LogP contribution in [0.25, 0.3) is 10.2 Å². The molecule has 1 aromatic carbocycles. The maximum absolute atomic E-state index is 5.62. The second-order valence-corrected chi connectivity index (χ2v) is 6.20. The standard InChI is InChI=1S/C11H14N2S2/c1-11(2,3)10-13-9-7(14-10)5-4-6-8(9)15-12/h4-6H,12H2,1-3H3. The van der Waals surface area contributed by atoms with Crippen molar-refractivity contribution in [2.24, 2.45) is 5.14 Å². The molecule has 2 aromatic rings. The molecule has 80 valence electrons. The molecule has 0 aliphatic rings. The van der Waals surface area contributed by atoms with Crippen molar-refractivity contribution in [3.63, 3.8) is 0 Å². The lowest BCUT2D eigenvalue weighted by atomic mass is 9.98. The van der Waals surface area contributed by atoms with Gasteiger partial charge in [0, 0.05) is 10.3 Å². The van der Waals surface area contributed by atoms with Gasteiger partial charge in [0.15, 0.2) is 0 Å². The van der Waals surface area contributed by atoms with Crippen LogP contribution in [0.4, 0.5) is 0 Å². The van der Waals surface area contributed by atoms with Gasteiger partial charge in [-0.2, -0.15) is 0 Å². The van der Waals surface area contributed by atoms with Gasteiger partial charge in [0.25, 0.3) is 0 Å². The summed E-state index contributed by atoms with van der Waals surface area (Å²) in [6.07, 6.45) is 0. The van der Waals surface area contributed by atoms with Gasteiger partial charge in [0.05, 0.1) is 15.2 Å². The van der Waals surface area contributed by atoms with Crippen LogP contribution >= 0.6 is 23.3 Å². The minimum atomic E-state index is 0.111. The van der Waals surface area contributed by atoms with Gasteiger partial charge in [-0.15, -0.1) is 11.3 Å². The van der Waals surface area contributed by atoms with E-state index in [0.717, 1.165) is 10.4 Å². The Labute approximate surface area is 98.0 Å². The molecule has 0 unspecified atom stereocenters. The summed E-state index contributed by atoms with van der Waals surface area (Å²) in [5, 5.41) is 6.78. The summed E-state index contributed by atoms with van der Waals surface area (Å²) >= 11 is 3.02. The van der Waals surface area contributed by atoms with E-state index >= 15 is 0 Å². The number of nitrogens with zero attached hydrogens (tertiary/aromatic N) is 1. The lowest BCUT2D eigenvalue weighted by Gasteiger charge is -2.13. The van der Waals surface area contributed by atoms with Gasteiger partial charge < -0.3 is 0 Å². The third-order valence-electron chi connectivity index (χ3n) is 2.15. The number of hydrogen-bond donors (Lipinski definition) is 1. The molecule has 0 aliphatic heterocycles. The molecule has 2 N–H and O–H groups in total. The minimum absolute atomic E-state index is 0.111. The number of benzene rings is 1. The third-order valence-corrected chi connectivity index (χ3v) is 4.18. The Morgan fingerprint density at radius 2 is 2.07 bits per heavy atom. The maximum atomic E-state index is 5.62. The van der Waals surface area contributed by atoms with E-state index in [2.05, 4.69) is 31.8 Å². The van der Waals surface area contributed by atoms with Gasteiger partial charge >= 0.3 is 0 Å². The van der Waals surface area contributed by atoms with Gasteiger partial charge in [-0.1, -0.05) is 26.8 Å². The van der Waals surface area contributed by atoms with Crippen LogP contribution in [0.15, 0.2) is 23.1 Å². The SMILES string of the molecule is CC(C)(C)c1nc2c(SN)cccc2s1. The number of thiazole rings is 1. The number of para-hydroxylation sites is 1. The van der Waals surface area contributed by atoms with Crippen molar-refractivity contribution in [3.05, 3.63) is 23.2 Å². The van der Waals surface area contributed by atoms with Crippen LogP contribution in [0, 0.1) is 0 Å². The van der Waals surface area contributed by atoms with E-state index < -0.39 is 0 Å². The zero-order valence-electron chi connectivity index (χ0n) is 9.07. The highest BCUT2D eigenvalue weighted by molar-refractivity contribution is 7.97. The summed E-state index contributed by atoms with van der Waals surface area (Å²) in [4.78, 5) is 5.73. The van der Waals surface area contributed by atoms with Crippen LogP contribution in [-0.2, 0) is 5.41 Å². The highest BCUT2D eigenvalue weighted by Gasteiger charge is 2.19. The van der Waals surface area contributed by atoms with E-state index in [0.29, 0.717) is 0 Å². The van der Waals surface area contributed by atoms with E-state index in [1.165, 1.54) is 21.7 Å². The fourth-order valence-electron chi connectivity index (χ4n) is 1.34. The highest BCUT2D eigenvalue weighted by Crippen LogP contribution is 2.34. The Balaban J connectivity index is 2.65. The van der Waals surface area contributed by atoms with E-state index in [1.54, 1.807) is 11.3 Å². The number of rotatable bonds is 1. The molecule has 2 nitrogen and oxygen atoms in total. The summed E-state index contributed by atoms with van der Waals surface area (Å²) in [6.45, 7) is 6.54. The van der Waals surface area contributed by atoms with Crippen LogP contribution in [0.5, 0.6) is 0 Å². The quantitative estimate of drug-likeness (QED) is 0.772. The van der Waals surface area contributed by atoms with Crippen LogP contribution in [0.2, 0.25) is 0 Å². The van der Waals surface area contributed by atoms with Gasteiger partial charge in [-0.25, -0.2) is 4.98 Å². The third kappa shape index (κ3) is 2.02. The van der Waals surface area contributed by atoms with Crippen LogP contribution in [0.1, 0.15) is 25.8 Å². The molecular formula is C11H14N2S2. The fourth-order valence-corrected chi connectivity index (χ4v) is 2.88. The number of hydrogen-bond acceptors (Lipinski definition) is 4. The number of aromatic nitrogens is 1. The Bertz CT molecular complexity index is 483. The molecule has 1 heterocycles. The maximum Gasteiger partial charge on any atom is 0.0992 e. The van der Waals surface area contributed by atoms with Crippen LogP contribution < -0.4 is 5.14 Å². The van der Waals surface area contributed by atoms with Gasteiger partial charge in [-0.3, -0.25) is 5.14 Å². The average Bonchev–Trinajstić information content (AvgIpc) is 2.59. The van der Waals surface area contributed by atoms with E-state index in [9.17, 15) is 0 Å². The molecule has 0 bridgehead atoms. The molecule has 0 atom stereocenters. The molecule has 15 heavy (non-hydrogen) atoms. The first-order valence-corrected chi connectivity index (χ1v) is 6.49.